The van der Waals surface area contributed by atoms with Crippen molar-refractivity contribution in [2.45, 2.75) is 39.2 Å². The molecule has 8 nitrogen and oxygen atoms in total. The number of benzene rings is 1. The number of anilines is 1. The zero-order valence-corrected chi connectivity index (χ0v) is 19.3. The summed E-state index contributed by atoms with van der Waals surface area (Å²) in [5, 5.41) is -0.512. The second-order valence-corrected chi connectivity index (χ2v) is 9.31. The van der Waals surface area contributed by atoms with Crippen molar-refractivity contribution in [2.75, 3.05) is 38.8 Å². The lowest BCUT2D eigenvalue weighted by Crippen LogP contribution is -2.37. The highest BCUT2D eigenvalue weighted by molar-refractivity contribution is 8.18. The van der Waals surface area contributed by atoms with Gasteiger partial charge in [0.15, 0.2) is 0 Å². The average molecular weight is 449 g/mol. The van der Waals surface area contributed by atoms with E-state index < -0.39 is 29.3 Å². The lowest BCUT2D eigenvalue weighted by Gasteiger charge is -2.22. The first-order valence-electron chi connectivity index (χ1n) is 10.1. The maximum atomic E-state index is 12.8. The molecule has 0 bridgehead atoms. The zero-order chi connectivity index (χ0) is 22.8. The molecule has 31 heavy (non-hydrogen) atoms. The second-order valence-electron chi connectivity index (χ2n) is 8.31. The summed E-state index contributed by atoms with van der Waals surface area (Å²) in [5.74, 6) is 0.0688. The summed E-state index contributed by atoms with van der Waals surface area (Å²) in [6, 6.07) is 3.69. The lowest BCUT2D eigenvalue weighted by molar-refractivity contribution is -0.156. The Morgan fingerprint density at radius 2 is 1.74 bits per heavy atom. The molecule has 2 aliphatic rings. The van der Waals surface area contributed by atoms with Crippen molar-refractivity contribution in [3.63, 3.8) is 0 Å². The molecule has 2 amide bonds. The molecule has 0 aromatic heterocycles. The molecule has 0 spiro atoms. The van der Waals surface area contributed by atoms with Crippen LogP contribution < -0.4 is 14.4 Å². The van der Waals surface area contributed by atoms with Crippen molar-refractivity contribution >= 4 is 40.6 Å². The molecule has 0 radical (unpaired) electrons. The largest absolute Gasteiger partial charge is 0.496 e. The Labute approximate surface area is 186 Å². The fraction of sp³-hybridized carbons (Fsp3) is 0.500. The minimum atomic E-state index is -0.699. The molecule has 0 saturated carbocycles. The van der Waals surface area contributed by atoms with Gasteiger partial charge in [-0.1, -0.05) is 0 Å². The van der Waals surface area contributed by atoms with Gasteiger partial charge in [-0.25, -0.2) is 0 Å². The molecule has 0 N–H and O–H groups in total. The molecule has 2 fully saturated rings. The van der Waals surface area contributed by atoms with Crippen LogP contribution in [-0.4, -0.2) is 61.5 Å². The van der Waals surface area contributed by atoms with Gasteiger partial charge in [0.05, 0.1) is 24.8 Å². The van der Waals surface area contributed by atoms with Crippen LogP contribution in [0, 0.1) is 0 Å². The van der Waals surface area contributed by atoms with Gasteiger partial charge in [-0.05, 0) is 57.5 Å². The molecular formula is C22H28N2O6S. The quantitative estimate of drug-likeness (QED) is 0.481. The average Bonchev–Trinajstić information content (AvgIpc) is 3.31. The molecule has 1 aromatic carbocycles. The first kappa shape index (κ1) is 23.0. The van der Waals surface area contributed by atoms with E-state index >= 15 is 0 Å². The number of thioether (sulfide) groups is 1. The number of nitrogens with zero attached hydrogens (tertiary/aromatic N) is 2. The van der Waals surface area contributed by atoms with Crippen molar-refractivity contribution in [3.8, 4) is 11.5 Å². The fourth-order valence-electron chi connectivity index (χ4n) is 3.50. The van der Waals surface area contributed by atoms with E-state index in [1.807, 2.05) is 6.07 Å². The highest BCUT2D eigenvalue weighted by Crippen LogP contribution is 2.40. The Morgan fingerprint density at radius 3 is 2.32 bits per heavy atom. The Bertz CT molecular complexity index is 915. The number of ether oxygens (including phenoxy) is 3. The first-order chi connectivity index (χ1) is 14.6. The Kier molecular flexibility index (Phi) is 6.83. The van der Waals surface area contributed by atoms with E-state index in [1.165, 1.54) is 0 Å². The number of methoxy groups -OCH3 is 2. The van der Waals surface area contributed by atoms with Crippen molar-refractivity contribution in [3.05, 3.63) is 22.6 Å². The summed E-state index contributed by atoms with van der Waals surface area (Å²) in [6.07, 6.45) is 3.84. The first-order valence-corrected chi connectivity index (χ1v) is 10.9. The van der Waals surface area contributed by atoms with Gasteiger partial charge in [0.25, 0.3) is 11.1 Å². The van der Waals surface area contributed by atoms with Crippen LogP contribution in [0.4, 0.5) is 10.5 Å². The standard InChI is InChI=1S/C22H28N2O6S/c1-22(2,3)30-19(25)13-24-20(26)18(31-21(24)27)11-14-10-17(29-5)15(12-16(14)28-4)23-8-6-7-9-23/h10-12H,6-9,13H2,1-5H3. The van der Waals surface area contributed by atoms with E-state index in [2.05, 4.69) is 4.90 Å². The van der Waals surface area contributed by atoms with Crippen LogP contribution in [0.15, 0.2) is 17.0 Å². The molecule has 2 saturated heterocycles. The van der Waals surface area contributed by atoms with Crippen LogP contribution in [0.2, 0.25) is 0 Å². The summed E-state index contributed by atoms with van der Waals surface area (Å²) in [5.41, 5.74) is 0.854. The molecule has 2 heterocycles. The van der Waals surface area contributed by atoms with Gasteiger partial charge in [0, 0.05) is 24.7 Å². The van der Waals surface area contributed by atoms with Crippen LogP contribution in [0.25, 0.3) is 6.08 Å². The number of imide groups is 1. The smallest absolute Gasteiger partial charge is 0.326 e. The predicted octanol–water partition coefficient (Wildman–Crippen LogP) is 3.68. The van der Waals surface area contributed by atoms with Crippen molar-refractivity contribution in [2.24, 2.45) is 0 Å². The summed E-state index contributed by atoms with van der Waals surface area (Å²) >= 11 is 0.783. The van der Waals surface area contributed by atoms with Crippen LogP contribution in [0.5, 0.6) is 11.5 Å². The number of esters is 1. The summed E-state index contributed by atoms with van der Waals surface area (Å²) < 4.78 is 16.3. The van der Waals surface area contributed by atoms with Gasteiger partial charge < -0.3 is 19.1 Å². The topological polar surface area (TPSA) is 85.4 Å². The number of rotatable bonds is 6. The third-order valence-electron chi connectivity index (χ3n) is 4.85. The Morgan fingerprint density at radius 1 is 1.10 bits per heavy atom. The maximum Gasteiger partial charge on any atom is 0.326 e. The molecule has 1 aromatic rings. The van der Waals surface area contributed by atoms with Crippen LogP contribution in [0.3, 0.4) is 0 Å². The van der Waals surface area contributed by atoms with E-state index in [4.69, 9.17) is 14.2 Å². The van der Waals surface area contributed by atoms with Gasteiger partial charge in [-0.2, -0.15) is 0 Å². The van der Waals surface area contributed by atoms with Crippen molar-refractivity contribution in [1.82, 2.24) is 4.90 Å². The number of hydrogen-bond acceptors (Lipinski definition) is 8. The van der Waals surface area contributed by atoms with E-state index in [-0.39, 0.29) is 4.91 Å². The summed E-state index contributed by atoms with van der Waals surface area (Å²) in [4.78, 5) is 40.6. The number of hydrogen-bond donors (Lipinski definition) is 0. The molecule has 168 valence electrons. The van der Waals surface area contributed by atoms with Gasteiger partial charge >= 0.3 is 5.97 Å². The van der Waals surface area contributed by atoms with Gasteiger partial charge in [0.2, 0.25) is 0 Å². The van der Waals surface area contributed by atoms with E-state index in [0.29, 0.717) is 17.1 Å². The number of carbonyl (C=O) groups is 3. The van der Waals surface area contributed by atoms with Crippen LogP contribution in [0.1, 0.15) is 39.2 Å². The van der Waals surface area contributed by atoms with Crippen LogP contribution >= 0.6 is 11.8 Å². The fourth-order valence-corrected chi connectivity index (χ4v) is 4.33. The molecule has 9 heteroatoms. The van der Waals surface area contributed by atoms with Crippen LogP contribution in [-0.2, 0) is 14.3 Å². The summed E-state index contributed by atoms with van der Waals surface area (Å²) in [6.45, 7) is 6.65. The van der Waals surface area contributed by atoms with Crippen molar-refractivity contribution < 1.29 is 28.6 Å². The second kappa shape index (κ2) is 9.21. The van der Waals surface area contributed by atoms with Gasteiger partial charge in [0.1, 0.15) is 23.6 Å². The third-order valence-corrected chi connectivity index (χ3v) is 5.75. The van der Waals surface area contributed by atoms with E-state index in [1.54, 1.807) is 47.1 Å². The zero-order valence-electron chi connectivity index (χ0n) is 18.5. The molecule has 0 atom stereocenters. The third kappa shape index (κ3) is 5.33. The molecule has 3 rings (SSSR count). The molecular weight excluding hydrogens is 420 g/mol. The summed E-state index contributed by atoms with van der Waals surface area (Å²) in [7, 11) is 3.15. The molecule has 2 aliphatic heterocycles. The highest BCUT2D eigenvalue weighted by Gasteiger charge is 2.37. The highest BCUT2D eigenvalue weighted by atomic mass is 32.2. The number of amides is 2. The Hall–Kier alpha value is -2.68. The SMILES string of the molecule is COc1cc(N2CCCC2)c(OC)cc1C=C1SC(=O)N(CC(=O)OC(C)(C)C)C1=O. The van der Waals surface area contributed by atoms with Gasteiger partial charge in [-0.15, -0.1) is 0 Å². The predicted molar refractivity (Wildman–Crippen MR) is 120 cm³/mol. The Balaban J connectivity index is 1.86. The van der Waals surface area contributed by atoms with E-state index in [9.17, 15) is 14.4 Å². The minimum absolute atomic E-state index is 0.211. The van der Waals surface area contributed by atoms with Gasteiger partial charge in [-0.3, -0.25) is 19.3 Å². The van der Waals surface area contributed by atoms with E-state index in [0.717, 1.165) is 48.3 Å². The minimum Gasteiger partial charge on any atom is -0.496 e. The molecule has 0 aliphatic carbocycles. The maximum absolute atomic E-state index is 12.8. The molecule has 0 unspecified atom stereocenters. The lowest BCUT2D eigenvalue weighted by atomic mass is 10.1. The van der Waals surface area contributed by atoms with Crippen molar-refractivity contribution in [1.29, 1.82) is 0 Å². The normalized spacial score (nSPS) is 18.2. The number of carbonyl (C=O) groups excluding carboxylic acids is 3. The monoisotopic (exact) mass is 448 g/mol.